The summed E-state index contributed by atoms with van der Waals surface area (Å²) in [7, 11) is 0. The largest absolute Gasteiger partial charge is 0.478 e. The Labute approximate surface area is 183 Å². The van der Waals surface area contributed by atoms with Crippen LogP contribution >= 0.6 is 0 Å². The standard InChI is InChI=1S/C23H20FN5O3/c1-12-5-17(24)15(21(31)32)8-19(12)29-22-26-4-3-18(28-22)13-6-14(9-25)20-16(7-13)23(2,11-30)10-27-20/h3-8,27,30H,10-11H2,1-2H3,(H,31,32)(H,26,28,29). The van der Waals surface area contributed by atoms with Crippen molar-refractivity contribution < 1.29 is 19.4 Å². The van der Waals surface area contributed by atoms with Gasteiger partial charge in [-0.25, -0.2) is 19.2 Å². The van der Waals surface area contributed by atoms with Crippen molar-refractivity contribution in [1.82, 2.24) is 9.97 Å². The van der Waals surface area contributed by atoms with Gasteiger partial charge in [0.25, 0.3) is 0 Å². The number of nitriles is 1. The molecule has 0 aliphatic carbocycles. The van der Waals surface area contributed by atoms with E-state index in [-0.39, 0.29) is 12.6 Å². The topological polar surface area (TPSA) is 131 Å². The van der Waals surface area contributed by atoms with Crippen molar-refractivity contribution in [2.75, 3.05) is 23.8 Å². The molecule has 1 aliphatic rings. The molecule has 2 aromatic carbocycles. The number of fused-ring (bicyclic) bond motifs is 1. The van der Waals surface area contributed by atoms with Gasteiger partial charge in [0.1, 0.15) is 11.9 Å². The fourth-order valence-corrected chi connectivity index (χ4v) is 3.74. The van der Waals surface area contributed by atoms with Crippen molar-refractivity contribution in [3.63, 3.8) is 0 Å². The van der Waals surface area contributed by atoms with Crippen LogP contribution in [0.2, 0.25) is 0 Å². The molecule has 0 amide bonds. The number of aliphatic hydroxyl groups excluding tert-OH is 1. The second-order valence-electron chi connectivity index (χ2n) is 7.97. The van der Waals surface area contributed by atoms with E-state index in [0.29, 0.717) is 40.3 Å². The van der Waals surface area contributed by atoms with Gasteiger partial charge in [-0.3, -0.25) is 0 Å². The number of halogens is 1. The summed E-state index contributed by atoms with van der Waals surface area (Å²) in [5.41, 5.74) is 3.09. The maximum Gasteiger partial charge on any atom is 0.338 e. The van der Waals surface area contributed by atoms with Crippen LogP contribution < -0.4 is 10.6 Å². The van der Waals surface area contributed by atoms with Crippen LogP contribution in [0.25, 0.3) is 11.3 Å². The van der Waals surface area contributed by atoms with Crippen molar-refractivity contribution in [1.29, 1.82) is 5.26 Å². The third-order valence-electron chi connectivity index (χ3n) is 5.66. The highest BCUT2D eigenvalue weighted by atomic mass is 19.1. The number of carbonyl (C=O) groups is 1. The van der Waals surface area contributed by atoms with Gasteiger partial charge < -0.3 is 20.8 Å². The van der Waals surface area contributed by atoms with Gasteiger partial charge in [0.05, 0.1) is 29.1 Å². The van der Waals surface area contributed by atoms with E-state index < -0.39 is 22.8 Å². The van der Waals surface area contributed by atoms with Crippen LogP contribution in [-0.2, 0) is 5.41 Å². The number of aromatic carboxylic acids is 1. The number of nitrogens with zero attached hydrogens (tertiary/aromatic N) is 3. The lowest BCUT2D eigenvalue weighted by Gasteiger charge is -2.21. The Kier molecular flexibility index (Phi) is 5.24. The molecule has 3 aromatic rings. The van der Waals surface area contributed by atoms with E-state index in [0.717, 1.165) is 11.6 Å². The van der Waals surface area contributed by atoms with Crippen molar-refractivity contribution in [2.45, 2.75) is 19.3 Å². The number of anilines is 3. The Balaban J connectivity index is 1.74. The monoisotopic (exact) mass is 433 g/mol. The third-order valence-corrected chi connectivity index (χ3v) is 5.66. The number of rotatable bonds is 5. The quantitative estimate of drug-likeness (QED) is 0.480. The van der Waals surface area contributed by atoms with Crippen LogP contribution in [0.3, 0.4) is 0 Å². The smallest absolute Gasteiger partial charge is 0.338 e. The number of hydrogen-bond donors (Lipinski definition) is 4. The van der Waals surface area contributed by atoms with Gasteiger partial charge >= 0.3 is 5.97 Å². The zero-order valence-corrected chi connectivity index (χ0v) is 17.4. The Morgan fingerprint density at radius 1 is 1.38 bits per heavy atom. The first kappa shape index (κ1) is 21.2. The SMILES string of the molecule is Cc1cc(F)c(C(=O)O)cc1Nc1nccc(-c2cc(C#N)c3c(c2)C(C)(CO)CN3)n1. The summed E-state index contributed by atoms with van der Waals surface area (Å²) in [5.74, 6) is -2.00. The minimum atomic E-state index is -1.37. The highest BCUT2D eigenvalue weighted by Gasteiger charge is 2.36. The Bertz CT molecular complexity index is 1290. The van der Waals surface area contributed by atoms with E-state index in [2.05, 4.69) is 26.7 Å². The molecule has 0 fully saturated rings. The van der Waals surface area contributed by atoms with E-state index in [1.54, 1.807) is 19.1 Å². The minimum Gasteiger partial charge on any atom is -0.478 e. The molecule has 0 saturated heterocycles. The van der Waals surface area contributed by atoms with E-state index >= 15 is 0 Å². The number of nitrogens with one attached hydrogen (secondary N) is 2. The highest BCUT2D eigenvalue weighted by molar-refractivity contribution is 5.89. The summed E-state index contributed by atoms with van der Waals surface area (Å²) in [6.07, 6.45) is 1.53. The van der Waals surface area contributed by atoms with Gasteiger partial charge in [-0.1, -0.05) is 6.92 Å². The summed E-state index contributed by atoms with van der Waals surface area (Å²) >= 11 is 0. The van der Waals surface area contributed by atoms with Crippen LogP contribution in [-0.4, -0.2) is 39.3 Å². The van der Waals surface area contributed by atoms with E-state index in [9.17, 15) is 24.7 Å². The number of carboxylic acid groups (broad SMARTS) is 1. The second kappa shape index (κ2) is 7.90. The summed E-state index contributed by atoms with van der Waals surface area (Å²) < 4.78 is 13.9. The van der Waals surface area contributed by atoms with E-state index in [4.69, 9.17) is 0 Å². The molecular formula is C23H20FN5O3. The molecule has 162 valence electrons. The molecule has 1 aliphatic heterocycles. The molecule has 9 heteroatoms. The summed E-state index contributed by atoms with van der Waals surface area (Å²) in [4.78, 5) is 19.9. The predicted molar refractivity (Wildman–Crippen MR) is 116 cm³/mol. The lowest BCUT2D eigenvalue weighted by atomic mass is 9.83. The molecule has 1 unspecified atom stereocenters. The minimum absolute atomic E-state index is 0.0757. The predicted octanol–water partition coefficient (Wildman–Crippen LogP) is 3.58. The lowest BCUT2D eigenvalue weighted by Crippen LogP contribution is -2.28. The second-order valence-corrected chi connectivity index (χ2v) is 7.97. The molecule has 2 heterocycles. The summed E-state index contributed by atoms with van der Waals surface area (Å²) in [6, 6.07) is 9.82. The van der Waals surface area contributed by atoms with Crippen LogP contribution in [0.1, 0.15) is 34.0 Å². The molecule has 4 N–H and O–H groups in total. The summed E-state index contributed by atoms with van der Waals surface area (Å²) in [6.45, 7) is 4.00. The zero-order valence-electron chi connectivity index (χ0n) is 17.4. The van der Waals surface area contributed by atoms with Crippen molar-refractivity contribution >= 4 is 23.3 Å². The zero-order chi connectivity index (χ0) is 23.0. The number of aromatic nitrogens is 2. The van der Waals surface area contributed by atoms with Crippen molar-refractivity contribution in [3.8, 4) is 17.3 Å². The first-order chi connectivity index (χ1) is 15.3. The van der Waals surface area contributed by atoms with Crippen LogP contribution in [0.15, 0.2) is 36.5 Å². The first-order valence-electron chi connectivity index (χ1n) is 9.83. The van der Waals surface area contributed by atoms with Crippen LogP contribution in [0.4, 0.5) is 21.7 Å². The maximum atomic E-state index is 13.9. The fourth-order valence-electron chi connectivity index (χ4n) is 3.74. The Hall–Kier alpha value is -4.03. The molecule has 0 spiro atoms. The molecule has 1 aromatic heterocycles. The number of hydrogen-bond acceptors (Lipinski definition) is 7. The molecular weight excluding hydrogens is 413 g/mol. The van der Waals surface area contributed by atoms with Crippen LogP contribution in [0, 0.1) is 24.1 Å². The van der Waals surface area contributed by atoms with Crippen molar-refractivity contribution in [3.05, 3.63) is 64.6 Å². The molecule has 0 radical (unpaired) electrons. The van der Waals surface area contributed by atoms with E-state index in [1.165, 1.54) is 12.3 Å². The average molecular weight is 433 g/mol. The van der Waals surface area contributed by atoms with Crippen molar-refractivity contribution in [2.24, 2.45) is 0 Å². The van der Waals surface area contributed by atoms with Gasteiger partial charge in [-0.05, 0) is 48.4 Å². The molecule has 0 saturated carbocycles. The number of aliphatic hydroxyl groups is 1. The molecule has 0 bridgehead atoms. The maximum absolute atomic E-state index is 13.9. The molecule has 1 atom stereocenters. The number of aryl methyl sites for hydroxylation is 1. The normalized spacial score (nSPS) is 16.7. The Morgan fingerprint density at radius 3 is 2.84 bits per heavy atom. The van der Waals surface area contributed by atoms with Gasteiger partial charge in [-0.2, -0.15) is 5.26 Å². The van der Waals surface area contributed by atoms with Gasteiger partial charge in [0.15, 0.2) is 0 Å². The first-order valence-corrected chi connectivity index (χ1v) is 9.83. The van der Waals surface area contributed by atoms with Gasteiger partial charge in [0, 0.05) is 29.4 Å². The highest BCUT2D eigenvalue weighted by Crippen LogP contribution is 2.41. The number of benzene rings is 2. The molecule has 8 nitrogen and oxygen atoms in total. The van der Waals surface area contributed by atoms with Gasteiger partial charge in [0.2, 0.25) is 5.95 Å². The molecule has 32 heavy (non-hydrogen) atoms. The van der Waals surface area contributed by atoms with Crippen LogP contribution in [0.5, 0.6) is 0 Å². The molecule has 4 rings (SSSR count). The third kappa shape index (κ3) is 3.61. The average Bonchev–Trinajstić information content (AvgIpc) is 3.12. The van der Waals surface area contributed by atoms with Gasteiger partial charge in [-0.15, -0.1) is 0 Å². The fraction of sp³-hybridized carbons (Fsp3) is 0.217. The van der Waals surface area contributed by atoms with E-state index in [1.807, 2.05) is 13.0 Å². The Morgan fingerprint density at radius 2 is 2.16 bits per heavy atom. The summed E-state index contributed by atoms with van der Waals surface area (Å²) in [5, 5.41) is 34.8. The lowest BCUT2D eigenvalue weighted by molar-refractivity contribution is 0.0692. The number of carboxylic acids is 1.